The lowest BCUT2D eigenvalue weighted by Crippen LogP contribution is -2.56. The molecule has 3 heterocycles. The molecule has 2 aliphatic rings. The van der Waals surface area contributed by atoms with Gasteiger partial charge in [-0.15, -0.1) is 0 Å². The predicted molar refractivity (Wildman–Crippen MR) is 156 cm³/mol. The standard InChI is InChI=1S/C30H35F5N4O5S/c1-27(2,3)44-25(41)13-22-28(4,5)45(42)23(9-10-38-45)29(6,39-22)18-11-17(7-8-19(18)31)12-21(40)20-14-37-24(15-36-20)43-16-30(34,35)26(32)33/h7-8,11,14-15,23,26H,9-10,12-13,16H2,1-6H3/t23-,29+,45+/m0/s1. The van der Waals surface area contributed by atoms with E-state index in [0.717, 1.165) is 12.4 Å². The van der Waals surface area contributed by atoms with Gasteiger partial charge in [0.25, 0.3) is 0 Å². The number of fused-ring (bicyclic) bond motifs is 1. The average Bonchev–Trinajstić information content (AvgIpc) is 3.35. The molecule has 0 unspecified atom stereocenters. The van der Waals surface area contributed by atoms with Gasteiger partial charge in [-0.3, -0.25) is 14.6 Å². The Morgan fingerprint density at radius 3 is 2.38 bits per heavy atom. The van der Waals surface area contributed by atoms with Gasteiger partial charge in [0.2, 0.25) is 5.88 Å². The fraction of sp³-hybridized carbons (Fsp3) is 0.567. The summed E-state index contributed by atoms with van der Waals surface area (Å²) in [6.45, 7) is 8.90. The molecule has 0 bridgehead atoms. The Kier molecular flexibility index (Phi) is 9.19. The number of Topliss-reactive ketones (excluding diaryl/α,β-unsaturated/α-hetero) is 1. The van der Waals surface area contributed by atoms with Crippen LogP contribution in [0.2, 0.25) is 0 Å². The summed E-state index contributed by atoms with van der Waals surface area (Å²) in [6.07, 6.45) is -2.28. The molecule has 45 heavy (non-hydrogen) atoms. The van der Waals surface area contributed by atoms with Gasteiger partial charge < -0.3 is 9.47 Å². The van der Waals surface area contributed by atoms with Crippen molar-refractivity contribution in [1.29, 1.82) is 0 Å². The van der Waals surface area contributed by atoms with Gasteiger partial charge >= 0.3 is 18.3 Å². The third-order valence-corrected chi connectivity index (χ3v) is 11.5. The lowest BCUT2D eigenvalue weighted by atomic mass is 9.84. The quantitative estimate of drug-likeness (QED) is 0.181. The maximum atomic E-state index is 15.6. The predicted octanol–water partition coefficient (Wildman–Crippen LogP) is 5.74. The van der Waals surface area contributed by atoms with E-state index in [9.17, 15) is 31.4 Å². The van der Waals surface area contributed by atoms with Crippen LogP contribution in [0.15, 0.2) is 39.9 Å². The third kappa shape index (κ3) is 6.87. The number of alkyl halides is 4. The third-order valence-electron chi connectivity index (χ3n) is 7.80. The molecule has 15 heteroatoms. The van der Waals surface area contributed by atoms with Crippen LogP contribution in [-0.4, -0.2) is 72.7 Å². The number of benzene rings is 1. The van der Waals surface area contributed by atoms with E-state index in [-0.39, 0.29) is 36.4 Å². The molecule has 2 aromatic rings. The number of ether oxygens (including phenoxy) is 2. The Morgan fingerprint density at radius 2 is 1.78 bits per heavy atom. The monoisotopic (exact) mass is 658 g/mol. The molecule has 0 fully saturated rings. The highest BCUT2D eigenvalue weighted by molar-refractivity contribution is 7.96. The van der Waals surface area contributed by atoms with Gasteiger partial charge in [-0.25, -0.2) is 31.7 Å². The van der Waals surface area contributed by atoms with Crippen LogP contribution in [0.1, 0.15) is 76.0 Å². The van der Waals surface area contributed by atoms with Gasteiger partial charge in [0, 0.05) is 24.2 Å². The van der Waals surface area contributed by atoms with Crippen LogP contribution in [0.4, 0.5) is 22.0 Å². The molecule has 0 spiro atoms. The summed E-state index contributed by atoms with van der Waals surface area (Å²) in [5, 5.41) is -0.682. The van der Waals surface area contributed by atoms with E-state index >= 15 is 4.39 Å². The first kappa shape index (κ1) is 34.4. The van der Waals surface area contributed by atoms with Crippen molar-refractivity contribution in [3.8, 4) is 5.88 Å². The van der Waals surface area contributed by atoms with Crippen LogP contribution >= 0.6 is 0 Å². The highest BCUT2D eigenvalue weighted by atomic mass is 32.2. The summed E-state index contributed by atoms with van der Waals surface area (Å²) in [4.78, 5) is 38.3. The zero-order valence-corrected chi connectivity index (χ0v) is 26.5. The van der Waals surface area contributed by atoms with Gasteiger partial charge in [0.15, 0.2) is 12.4 Å². The highest BCUT2D eigenvalue weighted by Gasteiger charge is 2.57. The van der Waals surface area contributed by atoms with E-state index in [1.165, 1.54) is 18.2 Å². The lowest BCUT2D eigenvalue weighted by molar-refractivity contribution is -0.153. The van der Waals surface area contributed by atoms with Crippen molar-refractivity contribution >= 4 is 27.2 Å². The number of ketones is 1. The number of halogens is 5. The Labute approximate surface area is 258 Å². The molecule has 0 amide bonds. The number of aromatic nitrogens is 2. The maximum Gasteiger partial charge on any atom is 0.340 e. The van der Waals surface area contributed by atoms with Crippen LogP contribution in [-0.2, 0) is 31.2 Å². The van der Waals surface area contributed by atoms with Crippen LogP contribution in [0.5, 0.6) is 5.88 Å². The van der Waals surface area contributed by atoms with Crippen molar-refractivity contribution in [1.82, 2.24) is 9.97 Å². The van der Waals surface area contributed by atoms with Gasteiger partial charge in [-0.2, -0.15) is 8.78 Å². The zero-order valence-electron chi connectivity index (χ0n) is 25.7. The summed E-state index contributed by atoms with van der Waals surface area (Å²) >= 11 is 0. The van der Waals surface area contributed by atoms with E-state index in [4.69, 9.17) is 9.73 Å². The van der Waals surface area contributed by atoms with E-state index in [0.29, 0.717) is 12.0 Å². The van der Waals surface area contributed by atoms with E-state index in [1.807, 2.05) is 0 Å². The normalized spacial score (nSPS) is 24.4. The van der Waals surface area contributed by atoms with Gasteiger partial charge in [0.1, 0.15) is 22.7 Å². The van der Waals surface area contributed by atoms with Crippen molar-refractivity contribution in [3.05, 3.63) is 53.2 Å². The second-order valence-electron chi connectivity index (χ2n) is 12.7. The number of rotatable bonds is 10. The Bertz CT molecular complexity index is 1630. The van der Waals surface area contributed by atoms with Crippen molar-refractivity contribution in [2.24, 2.45) is 9.36 Å². The zero-order chi connectivity index (χ0) is 33.6. The largest absolute Gasteiger partial charge is 0.470 e. The first-order valence-corrected chi connectivity index (χ1v) is 15.7. The fourth-order valence-electron chi connectivity index (χ4n) is 5.43. The topological polar surface area (TPSA) is 120 Å². The number of carbonyl (C=O) groups excluding carboxylic acids is 2. The van der Waals surface area contributed by atoms with Crippen molar-refractivity contribution < 1.29 is 45.2 Å². The maximum absolute atomic E-state index is 15.6. The molecule has 3 atom stereocenters. The molecule has 0 aliphatic carbocycles. The smallest absolute Gasteiger partial charge is 0.340 e. The summed E-state index contributed by atoms with van der Waals surface area (Å²) in [6, 6.07) is 4.02. The van der Waals surface area contributed by atoms with Crippen LogP contribution in [0.3, 0.4) is 0 Å². The number of aliphatic imine (C=N–C) groups is 1. The molecule has 0 saturated carbocycles. The number of esters is 1. The molecular formula is C30H35F5N4O5S. The number of carbonyl (C=O) groups is 2. The summed E-state index contributed by atoms with van der Waals surface area (Å²) in [5.41, 5.74) is -1.62. The second kappa shape index (κ2) is 12.0. The summed E-state index contributed by atoms with van der Waals surface area (Å²) in [5.74, 6) is -6.65. The minimum atomic E-state index is -4.39. The molecular weight excluding hydrogens is 623 g/mol. The SMILES string of the molecule is CC(C)(C)OC(=O)CC1=N[C@](C)(c2cc(CC(=O)c3cnc(OCC(F)(F)C(F)F)cn3)ccc2F)[C@@H]2CCN=[S@]2(=O)C1(C)C. The number of nitrogens with zero attached hydrogens (tertiary/aromatic N) is 4. The molecule has 246 valence electrons. The van der Waals surface area contributed by atoms with Crippen molar-refractivity contribution in [3.63, 3.8) is 0 Å². The van der Waals surface area contributed by atoms with E-state index < -0.39 is 73.3 Å². The molecule has 1 aromatic heterocycles. The first-order chi connectivity index (χ1) is 20.7. The van der Waals surface area contributed by atoms with Crippen molar-refractivity contribution in [2.75, 3.05) is 13.2 Å². The highest BCUT2D eigenvalue weighted by Crippen LogP contribution is 2.49. The molecule has 0 N–H and O–H groups in total. The molecule has 2 aliphatic heterocycles. The number of hydrogen-bond acceptors (Lipinski definition) is 9. The average molecular weight is 659 g/mol. The second-order valence-corrected chi connectivity index (χ2v) is 15.7. The Morgan fingerprint density at radius 1 is 1.09 bits per heavy atom. The fourth-order valence-corrected chi connectivity index (χ4v) is 8.71. The lowest BCUT2D eigenvalue weighted by Gasteiger charge is -2.46. The molecule has 0 saturated heterocycles. The van der Waals surface area contributed by atoms with Gasteiger partial charge in [-0.05, 0) is 65.7 Å². The summed E-state index contributed by atoms with van der Waals surface area (Å²) in [7, 11) is -3.05. The summed E-state index contributed by atoms with van der Waals surface area (Å²) < 4.78 is 94.5. The van der Waals surface area contributed by atoms with Crippen LogP contribution in [0.25, 0.3) is 0 Å². The molecule has 9 nitrogen and oxygen atoms in total. The van der Waals surface area contributed by atoms with E-state index in [1.54, 1.807) is 41.5 Å². The molecule has 1 aromatic carbocycles. The molecule has 4 rings (SSSR count). The molecule has 0 radical (unpaired) electrons. The minimum Gasteiger partial charge on any atom is -0.470 e. The van der Waals surface area contributed by atoms with Crippen LogP contribution in [0, 0.1) is 5.82 Å². The van der Waals surface area contributed by atoms with Crippen LogP contribution < -0.4 is 4.74 Å². The first-order valence-electron chi connectivity index (χ1n) is 14.1. The van der Waals surface area contributed by atoms with Gasteiger partial charge in [0.05, 0.1) is 38.5 Å². The van der Waals surface area contributed by atoms with Gasteiger partial charge in [-0.1, -0.05) is 6.07 Å². The Balaban J connectivity index is 1.63. The Hall–Kier alpha value is -3.49. The van der Waals surface area contributed by atoms with E-state index in [2.05, 4.69) is 19.1 Å². The minimum absolute atomic E-state index is 0.0783. The van der Waals surface area contributed by atoms with Crippen molar-refractivity contribution in [2.45, 2.75) is 94.3 Å². The number of hydrogen-bond donors (Lipinski definition) is 0.